The molecule has 0 bridgehead atoms. The van der Waals surface area contributed by atoms with Crippen molar-refractivity contribution in [1.82, 2.24) is 4.90 Å². The molecule has 0 saturated carbocycles. The van der Waals surface area contributed by atoms with E-state index in [1.807, 2.05) is 42.3 Å². The van der Waals surface area contributed by atoms with Crippen LogP contribution in [0.25, 0.3) is 0 Å². The lowest BCUT2D eigenvalue weighted by molar-refractivity contribution is -0.384. The second kappa shape index (κ2) is 7.71. The first-order valence-electron chi connectivity index (χ1n) is 7.23. The van der Waals surface area contributed by atoms with Gasteiger partial charge in [-0.25, -0.2) is 0 Å². The van der Waals surface area contributed by atoms with Crippen molar-refractivity contribution in [3.05, 3.63) is 69.8 Å². The SMILES string of the molecule is COc1ccc([C@@H](CO)N(C)Cc2cccc([N+](=O)[O-])c2)cc1. The van der Waals surface area contributed by atoms with Crippen molar-refractivity contribution in [2.24, 2.45) is 0 Å². The van der Waals surface area contributed by atoms with E-state index in [1.54, 1.807) is 19.2 Å². The van der Waals surface area contributed by atoms with Crippen LogP contribution in [-0.4, -0.2) is 35.7 Å². The Morgan fingerprint density at radius 1 is 1.26 bits per heavy atom. The first-order valence-corrected chi connectivity index (χ1v) is 7.23. The van der Waals surface area contributed by atoms with Gasteiger partial charge in [0.05, 0.1) is 24.7 Å². The third kappa shape index (κ3) is 4.28. The van der Waals surface area contributed by atoms with Crippen LogP contribution >= 0.6 is 0 Å². The molecular weight excluding hydrogens is 296 g/mol. The fourth-order valence-corrected chi connectivity index (χ4v) is 2.49. The molecule has 0 aromatic heterocycles. The Morgan fingerprint density at radius 2 is 1.96 bits per heavy atom. The normalized spacial score (nSPS) is 12.2. The summed E-state index contributed by atoms with van der Waals surface area (Å²) in [7, 11) is 3.48. The van der Waals surface area contributed by atoms with Crippen LogP contribution in [0.5, 0.6) is 5.75 Å². The van der Waals surface area contributed by atoms with Crippen LogP contribution in [0, 0.1) is 10.1 Å². The van der Waals surface area contributed by atoms with Gasteiger partial charge in [0.25, 0.3) is 5.69 Å². The topological polar surface area (TPSA) is 75.8 Å². The van der Waals surface area contributed by atoms with E-state index < -0.39 is 4.92 Å². The Morgan fingerprint density at radius 3 is 2.52 bits per heavy atom. The van der Waals surface area contributed by atoms with Gasteiger partial charge < -0.3 is 9.84 Å². The molecule has 6 heteroatoms. The molecule has 0 spiro atoms. The number of hydrogen-bond acceptors (Lipinski definition) is 5. The van der Waals surface area contributed by atoms with E-state index in [4.69, 9.17) is 4.74 Å². The maximum atomic E-state index is 10.9. The van der Waals surface area contributed by atoms with Crippen molar-refractivity contribution in [3.8, 4) is 5.75 Å². The van der Waals surface area contributed by atoms with Crippen molar-refractivity contribution in [1.29, 1.82) is 0 Å². The zero-order valence-electron chi connectivity index (χ0n) is 13.2. The standard InChI is InChI=1S/C17H20N2O4/c1-18(11-13-4-3-5-15(10-13)19(21)22)17(12-20)14-6-8-16(23-2)9-7-14/h3-10,17,20H,11-12H2,1-2H3/t17-/m1/s1. The lowest BCUT2D eigenvalue weighted by Gasteiger charge is -2.27. The molecule has 0 fully saturated rings. The number of methoxy groups -OCH3 is 1. The summed E-state index contributed by atoms with van der Waals surface area (Å²) in [5.74, 6) is 0.756. The molecule has 1 atom stereocenters. The Bertz CT molecular complexity index is 658. The van der Waals surface area contributed by atoms with Gasteiger partial charge in [-0.2, -0.15) is 0 Å². The molecule has 0 amide bonds. The fraction of sp³-hybridized carbons (Fsp3) is 0.294. The lowest BCUT2D eigenvalue weighted by atomic mass is 10.1. The van der Waals surface area contributed by atoms with Gasteiger partial charge in [0.1, 0.15) is 5.75 Å². The number of ether oxygens (including phenoxy) is 1. The van der Waals surface area contributed by atoms with Crippen molar-refractivity contribution in [2.45, 2.75) is 12.6 Å². The van der Waals surface area contributed by atoms with Gasteiger partial charge in [-0.1, -0.05) is 24.3 Å². The van der Waals surface area contributed by atoms with Gasteiger partial charge in [-0.3, -0.25) is 15.0 Å². The molecule has 6 nitrogen and oxygen atoms in total. The highest BCUT2D eigenvalue weighted by Gasteiger charge is 2.17. The second-order valence-electron chi connectivity index (χ2n) is 5.31. The monoisotopic (exact) mass is 316 g/mol. The molecule has 2 aromatic rings. The Balaban J connectivity index is 2.14. The minimum atomic E-state index is -0.406. The van der Waals surface area contributed by atoms with Crippen molar-refractivity contribution in [3.63, 3.8) is 0 Å². The Kier molecular flexibility index (Phi) is 5.67. The van der Waals surface area contributed by atoms with Crippen LogP contribution in [0.2, 0.25) is 0 Å². The molecule has 122 valence electrons. The number of aliphatic hydroxyl groups excluding tert-OH is 1. The quantitative estimate of drug-likeness (QED) is 0.628. The average Bonchev–Trinajstić information content (AvgIpc) is 2.56. The lowest BCUT2D eigenvalue weighted by Crippen LogP contribution is -2.27. The van der Waals surface area contributed by atoms with Gasteiger partial charge in [0.2, 0.25) is 0 Å². The van der Waals surface area contributed by atoms with Gasteiger partial charge in [0.15, 0.2) is 0 Å². The third-order valence-electron chi connectivity index (χ3n) is 3.76. The van der Waals surface area contributed by atoms with E-state index in [0.717, 1.165) is 16.9 Å². The second-order valence-corrected chi connectivity index (χ2v) is 5.31. The largest absolute Gasteiger partial charge is 0.497 e. The maximum absolute atomic E-state index is 10.9. The number of nitro groups is 1. The van der Waals surface area contributed by atoms with Crippen LogP contribution < -0.4 is 4.74 Å². The molecule has 0 heterocycles. The number of nitrogens with zero attached hydrogens (tertiary/aromatic N) is 2. The van der Waals surface area contributed by atoms with Crippen LogP contribution in [0.15, 0.2) is 48.5 Å². The molecule has 0 aliphatic carbocycles. The number of non-ortho nitro benzene ring substituents is 1. The minimum Gasteiger partial charge on any atom is -0.497 e. The average molecular weight is 316 g/mol. The number of hydrogen-bond donors (Lipinski definition) is 1. The van der Waals surface area contributed by atoms with Crippen LogP contribution in [0.1, 0.15) is 17.2 Å². The predicted molar refractivity (Wildman–Crippen MR) is 87.4 cm³/mol. The van der Waals surface area contributed by atoms with Crippen molar-refractivity contribution in [2.75, 3.05) is 20.8 Å². The molecule has 1 N–H and O–H groups in total. The van der Waals surface area contributed by atoms with Gasteiger partial charge in [-0.05, 0) is 30.3 Å². The van der Waals surface area contributed by atoms with E-state index >= 15 is 0 Å². The summed E-state index contributed by atoms with van der Waals surface area (Å²) in [5.41, 5.74) is 1.86. The number of rotatable bonds is 7. The molecule has 0 aliphatic rings. The molecule has 2 rings (SSSR count). The number of aliphatic hydroxyl groups is 1. The first kappa shape index (κ1) is 16.9. The molecule has 0 unspecified atom stereocenters. The Hall–Kier alpha value is -2.44. The summed E-state index contributed by atoms with van der Waals surface area (Å²) in [4.78, 5) is 12.4. The summed E-state index contributed by atoms with van der Waals surface area (Å²) < 4.78 is 5.13. The predicted octanol–water partition coefficient (Wildman–Crippen LogP) is 2.77. The van der Waals surface area contributed by atoms with E-state index in [9.17, 15) is 15.2 Å². The van der Waals surface area contributed by atoms with Crippen molar-refractivity contribution < 1.29 is 14.8 Å². The highest BCUT2D eigenvalue weighted by atomic mass is 16.6. The highest BCUT2D eigenvalue weighted by Crippen LogP contribution is 2.24. The number of nitro benzene ring substituents is 1. The fourth-order valence-electron chi connectivity index (χ4n) is 2.49. The van der Waals surface area contributed by atoms with Crippen LogP contribution in [0.3, 0.4) is 0 Å². The number of benzene rings is 2. The summed E-state index contributed by atoms with van der Waals surface area (Å²) in [5, 5.41) is 20.6. The highest BCUT2D eigenvalue weighted by molar-refractivity contribution is 5.34. The van der Waals surface area contributed by atoms with Gasteiger partial charge in [-0.15, -0.1) is 0 Å². The molecule has 2 aromatic carbocycles. The molecule has 0 radical (unpaired) electrons. The van der Waals surface area contributed by atoms with Gasteiger partial charge in [0, 0.05) is 18.7 Å². The van der Waals surface area contributed by atoms with Crippen LogP contribution in [-0.2, 0) is 6.54 Å². The summed E-state index contributed by atoms with van der Waals surface area (Å²) >= 11 is 0. The van der Waals surface area contributed by atoms with E-state index in [-0.39, 0.29) is 18.3 Å². The molecule has 0 saturated heterocycles. The molecule has 0 aliphatic heterocycles. The molecule has 23 heavy (non-hydrogen) atoms. The van der Waals surface area contributed by atoms with E-state index in [1.165, 1.54) is 6.07 Å². The Labute approximate surface area is 135 Å². The maximum Gasteiger partial charge on any atom is 0.269 e. The molecular formula is C17H20N2O4. The minimum absolute atomic E-state index is 0.0439. The zero-order chi connectivity index (χ0) is 16.8. The van der Waals surface area contributed by atoms with E-state index in [2.05, 4.69) is 0 Å². The third-order valence-corrected chi connectivity index (χ3v) is 3.76. The zero-order valence-corrected chi connectivity index (χ0v) is 13.2. The van der Waals surface area contributed by atoms with Gasteiger partial charge >= 0.3 is 0 Å². The summed E-state index contributed by atoms with van der Waals surface area (Å²) in [6.07, 6.45) is 0. The van der Waals surface area contributed by atoms with Crippen molar-refractivity contribution >= 4 is 5.69 Å². The number of likely N-dealkylation sites (N-methyl/N-ethyl adjacent to an activating group) is 1. The summed E-state index contributed by atoms with van der Waals surface area (Å²) in [6.45, 7) is 0.455. The smallest absolute Gasteiger partial charge is 0.269 e. The van der Waals surface area contributed by atoms with E-state index in [0.29, 0.717) is 6.54 Å². The first-order chi connectivity index (χ1) is 11.0. The summed E-state index contributed by atoms with van der Waals surface area (Å²) in [6, 6.07) is 13.8. The van der Waals surface area contributed by atoms with Crippen LogP contribution in [0.4, 0.5) is 5.69 Å².